The Labute approximate surface area is 220 Å². The van der Waals surface area contributed by atoms with Gasteiger partial charge in [0.1, 0.15) is 28.9 Å². The first kappa shape index (κ1) is 26.0. The summed E-state index contributed by atoms with van der Waals surface area (Å²) in [4.78, 5) is 24.5. The van der Waals surface area contributed by atoms with Gasteiger partial charge in [0.15, 0.2) is 0 Å². The first-order chi connectivity index (χ1) is 17.7. The molecule has 0 unspecified atom stereocenters. The number of hydrogen-bond acceptors (Lipinski definition) is 4. The third-order valence-electron chi connectivity index (χ3n) is 6.38. The van der Waals surface area contributed by atoms with E-state index in [4.69, 9.17) is 25.2 Å². The van der Waals surface area contributed by atoms with E-state index in [9.17, 15) is 9.59 Å². The lowest BCUT2D eigenvalue weighted by Gasteiger charge is -2.26. The second-order valence-corrected chi connectivity index (χ2v) is 9.42. The van der Waals surface area contributed by atoms with Crippen molar-refractivity contribution in [3.63, 3.8) is 0 Å². The number of rotatable bonds is 8. The van der Waals surface area contributed by atoms with E-state index in [0.717, 1.165) is 22.3 Å². The predicted octanol–water partition coefficient (Wildman–Crippen LogP) is 4.31. The lowest BCUT2D eigenvalue weighted by Crippen LogP contribution is -2.19. The molecule has 4 rings (SSSR count). The van der Waals surface area contributed by atoms with Crippen molar-refractivity contribution < 1.29 is 19.1 Å². The van der Waals surface area contributed by atoms with E-state index in [1.54, 1.807) is 48.5 Å². The molecule has 0 bridgehead atoms. The second kappa shape index (κ2) is 11.3. The Hall–Kier alpha value is -4.05. The van der Waals surface area contributed by atoms with Crippen LogP contribution in [0.2, 0.25) is 0 Å². The van der Waals surface area contributed by atoms with Crippen molar-refractivity contribution in [2.24, 2.45) is 0 Å². The zero-order valence-electron chi connectivity index (χ0n) is 20.9. The monoisotopic (exact) mass is 484 g/mol. The number of esters is 2. The molecule has 0 saturated carbocycles. The van der Waals surface area contributed by atoms with Gasteiger partial charge in [0, 0.05) is 5.41 Å². The Morgan fingerprint density at radius 2 is 0.892 bits per heavy atom. The molecule has 0 fully saturated rings. The molecule has 0 aliphatic carbocycles. The highest BCUT2D eigenvalue weighted by molar-refractivity contribution is 6.32. The maximum atomic E-state index is 12.2. The Morgan fingerprint density at radius 3 is 1.22 bits per heavy atom. The van der Waals surface area contributed by atoms with E-state index in [1.165, 1.54) is 0 Å². The van der Waals surface area contributed by atoms with Crippen LogP contribution in [0.1, 0.15) is 56.8 Å². The molecule has 4 nitrogen and oxygen atoms in total. The van der Waals surface area contributed by atoms with Crippen LogP contribution in [0.3, 0.4) is 0 Å². The minimum Gasteiger partial charge on any atom is -0.457 e. The molecule has 4 aromatic rings. The predicted molar refractivity (Wildman–Crippen MR) is 147 cm³/mol. The number of hydrogen-bond donors (Lipinski definition) is 0. The molecule has 0 spiro atoms. The van der Waals surface area contributed by atoms with Crippen LogP contribution in [0.4, 0.5) is 0 Å². The smallest absolute Gasteiger partial charge is 0.338 e. The van der Waals surface area contributed by atoms with Crippen molar-refractivity contribution in [3.05, 3.63) is 130 Å². The Balaban J connectivity index is 1.34. The summed E-state index contributed by atoms with van der Waals surface area (Å²) < 4.78 is 10.9. The third-order valence-corrected chi connectivity index (χ3v) is 6.38. The van der Waals surface area contributed by atoms with Gasteiger partial charge in [-0.15, -0.1) is 0 Å². The van der Waals surface area contributed by atoms with Crippen molar-refractivity contribution >= 4 is 38.6 Å². The van der Waals surface area contributed by atoms with E-state index < -0.39 is 0 Å². The fourth-order valence-corrected chi connectivity index (χ4v) is 3.90. The summed E-state index contributed by atoms with van der Waals surface area (Å²) in [5, 5.41) is 0. The molecule has 4 aromatic carbocycles. The summed E-state index contributed by atoms with van der Waals surface area (Å²) in [5.41, 5.74) is 5.95. The van der Waals surface area contributed by atoms with Crippen LogP contribution in [0.25, 0.3) is 0 Å². The minimum atomic E-state index is -0.386. The first-order valence-corrected chi connectivity index (χ1v) is 12.0. The fourth-order valence-electron chi connectivity index (χ4n) is 3.90. The van der Waals surface area contributed by atoms with Crippen molar-refractivity contribution in [1.82, 2.24) is 0 Å². The average Bonchev–Trinajstić information content (AvgIpc) is 2.91. The normalized spacial score (nSPS) is 11.1. The summed E-state index contributed by atoms with van der Waals surface area (Å²) >= 11 is 0. The first-order valence-electron chi connectivity index (χ1n) is 12.0. The Morgan fingerprint density at radius 1 is 0.568 bits per heavy atom. The SMILES string of the molecule is [B]c1ccc(C(=O)OCc2ccc(C(C)(C)c3ccc(COC(=O)c4ccc([B])cc4)cc3)cc2)cc1. The van der Waals surface area contributed by atoms with Crippen LogP contribution in [0.5, 0.6) is 0 Å². The number of carbonyl (C=O) groups excluding carboxylic acids is 2. The third kappa shape index (κ3) is 6.59. The van der Waals surface area contributed by atoms with Crippen LogP contribution < -0.4 is 10.9 Å². The zero-order valence-corrected chi connectivity index (χ0v) is 20.9. The summed E-state index contributed by atoms with van der Waals surface area (Å²) in [6, 6.07) is 29.4. The van der Waals surface area contributed by atoms with Gasteiger partial charge in [0.25, 0.3) is 0 Å². The lowest BCUT2D eigenvalue weighted by molar-refractivity contribution is 0.0464. The molecule has 6 heteroatoms. The van der Waals surface area contributed by atoms with E-state index in [2.05, 4.69) is 38.1 Å². The number of ether oxygens (including phenoxy) is 2. The van der Waals surface area contributed by atoms with E-state index in [1.807, 2.05) is 24.3 Å². The molecule has 37 heavy (non-hydrogen) atoms. The number of carbonyl (C=O) groups is 2. The summed E-state index contributed by atoms with van der Waals surface area (Å²) in [5.74, 6) is -0.771. The van der Waals surface area contributed by atoms with Gasteiger partial charge in [-0.25, -0.2) is 9.59 Å². The van der Waals surface area contributed by atoms with Crippen molar-refractivity contribution in [2.75, 3.05) is 0 Å². The molecule has 0 aliphatic rings. The molecule has 0 atom stereocenters. The Bertz CT molecular complexity index is 1250. The second-order valence-electron chi connectivity index (χ2n) is 9.42. The summed E-state index contributed by atoms with van der Waals surface area (Å²) in [6.07, 6.45) is 0. The van der Waals surface area contributed by atoms with Gasteiger partial charge >= 0.3 is 11.9 Å². The van der Waals surface area contributed by atoms with Crippen LogP contribution in [0.15, 0.2) is 97.1 Å². The molecular weight excluding hydrogens is 458 g/mol. The molecule has 0 aromatic heterocycles. The molecule has 180 valence electrons. The van der Waals surface area contributed by atoms with Crippen LogP contribution in [-0.2, 0) is 28.1 Å². The topological polar surface area (TPSA) is 52.6 Å². The van der Waals surface area contributed by atoms with Gasteiger partial charge in [-0.05, 0) is 46.5 Å². The van der Waals surface area contributed by atoms with Crippen molar-refractivity contribution in [3.8, 4) is 0 Å². The van der Waals surface area contributed by atoms with Gasteiger partial charge in [-0.2, -0.15) is 0 Å². The maximum absolute atomic E-state index is 12.2. The van der Waals surface area contributed by atoms with Crippen molar-refractivity contribution in [2.45, 2.75) is 32.5 Å². The quantitative estimate of drug-likeness (QED) is 0.277. The van der Waals surface area contributed by atoms with E-state index >= 15 is 0 Å². The highest BCUT2D eigenvalue weighted by atomic mass is 16.5. The van der Waals surface area contributed by atoms with Crippen molar-refractivity contribution in [1.29, 1.82) is 0 Å². The highest BCUT2D eigenvalue weighted by Gasteiger charge is 2.23. The van der Waals surface area contributed by atoms with Gasteiger partial charge in [0.05, 0.1) is 11.1 Å². The zero-order chi connectivity index (χ0) is 26.4. The van der Waals surface area contributed by atoms with E-state index in [0.29, 0.717) is 22.1 Å². The molecule has 0 saturated heterocycles. The van der Waals surface area contributed by atoms with Crippen LogP contribution >= 0.6 is 0 Å². The standard InChI is InChI=1S/C31H26B2O4/c1-31(2,25-11-3-21(4-12-25)19-36-29(34)23-7-15-27(32)16-8-23)26-13-5-22(6-14-26)20-37-30(35)24-9-17-28(33)18-10-24/h3-18H,19-20H2,1-2H3. The highest BCUT2D eigenvalue weighted by Crippen LogP contribution is 2.32. The summed E-state index contributed by atoms with van der Waals surface area (Å²) in [6.45, 7) is 4.68. The van der Waals surface area contributed by atoms with Gasteiger partial charge in [-0.1, -0.05) is 97.6 Å². The minimum absolute atomic E-state index is 0.188. The van der Waals surface area contributed by atoms with Gasteiger partial charge < -0.3 is 9.47 Å². The van der Waals surface area contributed by atoms with Gasteiger partial charge in [-0.3, -0.25) is 0 Å². The van der Waals surface area contributed by atoms with Crippen LogP contribution in [-0.4, -0.2) is 27.6 Å². The fraction of sp³-hybridized carbons (Fsp3) is 0.161. The van der Waals surface area contributed by atoms with Gasteiger partial charge in [0.2, 0.25) is 0 Å². The van der Waals surface area contributed by atoms with E-state index in [-0.39, 0.29) is 30.6 Å². The lowest BCUT2D eigenvalue weighted by atomic mass is 9.78. The molecule has 0 heterocycles. The number of benzene rings is 4. The largest absolute Gasteiger partial charge is 0.457 e. The Kier molecular flexibility index (Phi) is 7.98. The van der Waals surface area contributed by atoms with Crippen LogP contribution in [0, 0.1) is 0 Å². The molecule has 0 N–H and O–H groups in total. The average molecular weight is 484 g/mol. The molecule has 4 radical (unpaired) electrons. The summed E-state index contributed by atoms with van der Waals surface area (Å²) in [7, 11) is 11.3. The molecule has 0 amide bonds. The molecule has 0 aliphatic heterocycles. The maximum Gasteiger partial charge on any atom is 0.338 e. The molecular formula is C31H26B2O4.